The van der Waals surface area contributed by atoms with Gasteiger partial charge in [0.2, 0.25) is 0 Å². The maximum atomic E-state index is 11.8. The molecule has 2 aromatic heterocycles. The van der Waals surface area contributed by atoms with Crippen LogP contribution in [0.3, 0.4) is 0 Å². The molecule has 0 spiro atoms. The molecule has 2 aromatic rings. The van der Waals surface area contributed by atoms with Crippen LogP contribution in [0.4, 0.5) is 0 Å². The van der Waals surface area contributed by atoms with Crippen LogP contribution in [0.25, 0.3) is 0 Å². The fourth-order valence-electron chi connectivity index (χ4n) is 1.26. The summed E-state index contributed by atoms with van der Waals surface area (Å²) in [6.45, 7) is 0. The molecule has 76 valence electrons. The minimum atomic E-state index is 0.135. The fraction of sp³-hybridized carbons (Fsp3) is 0.0909. The van der Waals surface area contributed by atoms with E-state index in [2.05, 4.69) is 20.9 Å². The Morgan fingerprint density at radius 2 is 2.33 bits per heavy atom. The van der Waals surface area contributed by atoms with Gasteiger partial charge in [0, 0.05) is 34.2 Å². The van der Waals surface area contributed by atoms with Gasteiger partial charge in [0.25, 0.3) is 0 Å². The van der Waals surface area contributed by atoms with Crippen molar-refractivity contribution in [1.82, 2.24) is 4.98 Å². The molecule has 2 rings (SSSR count). The van der Waals surface area contributed by atoms with Crippen molar-refractivity contribution in [3.05, 3.63) is 50.9 Å². The van der Waals surface area contributed by atoms with Crippen molar-refractivity contribution < 1.29 is 4.79 Å². The number of hydrogen-bond acceptors (Lipinski definition) is 3. The van der Waals surface area contributed by atoms with Gasteiger partial charge in [0.15, 0.2) is 5.78 Å². The average molecular weight is 282 g/mol. The molecule has 0 saturated heterocycles. The molecule has 0 unspecified atom stereocenters. The first-order valence-corrected chi connectivity index (χ1v) is 6.14. The third-order valence-electron chi connectivity index (χ3n) is 1.97. The number of Topliss-reactive ketones (excluding diaryl/α,β-unsaturated/α-hetero) is 1. The lowest BCUT2D eigenvalue weighted by molar-refractivity contribution is 0.0993. The van der Waals surface area contributed by atoms with E-state index in [9.17, 15) is 4.79 Å². The molecule has 0 bridgehead atoms. The van der Waals surface area contributed by atoms with Crippen LogP contribution in [0.15, 0.2) is 39.8 Å². The average Bonchev–Trinajstić information content (AvgIpc) is 2.70. The highest BCUT2D eigenvalue weighted by molar-refractivity contribution is 9.10. The van der Waals surface area contributed by atoms with Crippen molar-refractivity contribution in [2.45, 2.75) is 6.42 Å². The number of ketones is 1. The highest BCUT2D eigenvalue weighted by Crippen LogP contribution is 2.13. The zero-order valence-electron chi connectivity index (χ0n) is 7.81. The molecule has 0 atom stereocenters. The summed E-state index contributed by atoms with van der Waals surface area (Å²) in [5, 5.41) is 3.78. The van der Waals surface area contributed by atoms with Crippen LogP contribution in [-0.2, 0) is 6.42 Å². The van der Waals surface area contributed by atoms with Crippen LogP contribution < -0.4 is 0 Å². The number of carbonyl (C=O) groups is 1. The Kier molecular flexibility index (Phi) is 3.28. The predicted molar refractivity (Wildman–Crippen MR) is 64.3 cm³/mol. The lowest BCUT2D eigenvalue weighted by atomic mass is 10.1. The molecule has 0 N–H and O–H groups in total. The second-order valence-electron chi connectivity index (χ2n) is 3.12. The summed E-state index contributed by atoms with van der Waals surface area (Å²) in [7, 11) is 0. The van der Waals surface area contributed by atoms with Gasteiger partial charge in [-0.25, -0.2) is 0 Å². The predicted octanol–water partition coefficient (Wildman–Crippen LogP) is 3.33. The first-order chi connectivity index (χ1) is 7.25. The Labute approximate surface area is 100 Å². The first-order valence-electron chi connectivity index (χ1n) is 4.40. The Balaban J connectivity index is 2.13. The van der Waals surface area contributed by atoms with E-state index in [1.54, 1.807) is 12.4 Å². The Hall–Kier alpha value is -1.00. The van der Waals surface area contributed by atoms with Crippen molar-refractivity contribution >= 4 is 33.0 Å². The van der Waals surface area contributed by atoms with Crippen LogP contribution in [-0.4, -0.2) is 10.8 Å². The van der Waals surface area contributed by atoms with Crippen molar-refractivity contribution in [2.75, 3.05) is 0 Å². The summed E-state index contributed by atoms with van der Waals surface area (Å²) in [5.41, 5.74) is 1.71. The highest BCUT2D eigenvalue weighted by atomic mass is 79.9. The standard InChI is InChI=1S/C11H8BrNOS/c12-10-3-8(5-13-6-10)4-11(14)9-1-2-15-7-9/h1-3,5-7H,4H2. The normalized spacial score (nSPS) is 10.2. The van der Waals surface area contributed by atoms with E-state index in [1.165, 1.54) is 11.3 Å². The van der Waals surface area contributed by atoms with Gasteiger partial charge >= 0.3 is 0 Å². The number of hydrogen-bond donors (Lipinski definition) is 0. The fourth-order valence-corrected chi connectivity index (χ4v) is 2.34. The van der Waals surface area contributed by atoms with Gasteiger partial charge in [0.05, 0.1) is 0 Å². The topological polar surface area (TPSA) is 30.0 Å². The molecule has 0 aliphatic rings. The second-order valence-corrected chi connectivity index (χ2v) is 4.82. The maximum absolute atomic E-state index is 11.8. The quantitative estimate of drug-likeness (QED) is 0.808. The summed E-state index contributed by atoms with van der Waals surface area (Å²) in [6, 6.07) is 3.76. The van der Waals surface area contributed by atoms with E-state index in [1.807, 2.05) is 22.9 Å². The smallest absolute Gasteiger partial charge is 0.168 e. The van der Waals surface area contributed by atoms with Crippen LogP contribution in [0.5, 0.6) is 0 Å². The summed E-state index contributed by atoms with van der Waals surface area (Å²) in [6.07, 6.45) is 3.83. The number of thiophene rings is 1. The lowest BCUT2D eigenvalue weighted by Crippen LogP contribution is -2.02. The van der Waals surface area contributed by atoms with E-state index in [0.29, 0.717) is 6.42 Å². The summed E-state index contributed by atoms with van der Waals surface area (Å²) in [5.74, 6) is 0.135. The molecule has 4 heteroatoms. The zero-order chi connectivity index (χ0) is 10.7. The molecule has 0 amide bonds. The molecular weight excluding hydrogens is 274 g/mol. The number of nitrogens with zero attached hydrogens (tertiary/aromatic N) is 1. The molecule has 15 heavy (non-hydrogen) atoms. The van der Waals surface area contributed by atoms with Crippen LogP contribution in [0.2, 0.25) is 0 Å². The minimum absolute atomic E-state index is 0.135. The van der Waals surface area contributed by atoms with Crippen LogP contribution >= 0.6 is 27.3 Å². The molecule has 0 radical (unpaired) electrons. The third kappa shape index (κ3) is 2.73. The maximum Gasteiger partial charge on any atom is 0.168 e. The van der Waals surface area contributed by atoms with E-state index >= 15 is 0 Å². The molecule has 0 saturated carbocycles. The number of pyridine rings is 1. The van der Waals surface area contributed by atoms with Crippen molar-refractivity contribution in [3.63, 3.8) is 0 Å². The Bertz CT molecular complexity index is 467. The SMILES string of the molecule is O=C(Cc1cncc(Br)c1)c1ccsc1. The summed E-state index contributed by atoms with van der Waals surface area (Å²) in [4.78, 5) is 15.8. The van der Waals surface area contributed by atoms with Gasteiger partial charge in [-0.15, -0.1) is 0 Å². The van der Waals surface area contributed by atoms with Crippen molar-refractivity contribution in [2.24, 2.45) is 0 Å². The highest BCUT2D eigenvalue weighted by Gasteiger charge is 2.07. The summed E-state index contributed by atoms with van der Waals surface area (Å²) < 4.78 is 0.901. The molecule has 2 heterocycles. The Morgan fingerprint density at radius 3 is 3.00 bits per heavy atom. The van der Waals surface area contributed by atoms with E-state index in [-0.39, 0.29) is 5.78 Å². The second kappa shape index (κ2) is 4.68. The number of rotatable bonds is 3. The largest absolute Gasteiger partial charge is 0.294 e. The molecule has 2 nitrogen and oxygen atoms in total. The van der Waals surface area contributed by atoms with Gasteiger partial charge in [0.1, 0.15) is 0 Å². The van der Waals surface area contributed by atoms with E-state index < -0.39 is 0 Å². The number of halogens is 1. The van der Waals surface area contributed by atoms with Crippen molar-refractivity contribution in [3.8, 4) is 0 Å². The molecule has 0 aromatic carbocycles. The van der Waals surface area contributed by atoms with Gasteiger partial charge in [-0.1, -0.05) is 0 Å². The zero-order valence-corrected chi connectivity index (χ0v) is 10.2. The number of aromatic nitrogens is 1. The molecule has 0 fully saturated rings. The van der Waals surface area contributed by atoms with Gasteiger partial charge in [-0.2, -0.15) is 11.3 Å². The molecular formula is C11H8BrNOS. The van der Waals surface area contributed by atoms with E-state index in [4.69, 9.17) is 0 Å². The molecule has 0 aliphatic carbocycles. The van der Waals surface area contributed by atoms with Gasteiger partial charge in [-0.3, -0.25) is 9.78 Å². The van der Waals surface area contributed by atoms with Gasteiger partial charge < -0.3 is 0 Å². The van der Waals surface area contributed by atoms with Gasteiger partial charge in [-0.05, 0) is 39.0 Å². The van der Waals surface area contributed by atoms with Crippen LogP contribution in [0.1, 0.15) is 15.9 Å². The summed E-state index contributed by atoms with van der Waals surface area (Å²) >= 11 is 4.86. The Morgan fingerprint density at radius 1 is 1.47 bits per heavy atom. The van der Waals surface area contributed by atoms with E-state index in [0.717, 1.165) is 15.6 Å². The first kappa shape index (κ1) is 10.5. The monoisotopic (exact) mass is 281 g/mol. The molecule has 0 aliphatic heterocycles. The van der Waals surface area contributed by atoms with Crippen molar-refractivity contribution in [1.29, 1.82) is 0 Å². The minimum Gasteiger partial charge on any atom is -0.294 e. The number of carbonyl (C=O) groups excluding carboxylic acids is 1. The lowest BCUT2D eigenvalue weighted by Gasteiger charge is -1.99. The third-order valence-corrected chi connectivity index (χ3v) is 3.09. The van der Waals surface area contributed by atoms with Crippen LogP contribution in [0, 0.1) is 0 Å².